The molecule has 0 radical (unpaired) electrons. The van der Waals surface area contributed by atoms with Gasteiger partial charge in [-0.2, -0.15) is 0 Å². The first-order chi connectivity index (χ1) is 9.40. The highest BCUT2D eigenvalue weighted by Gasteiger charge is 2.32. The second kappa shape index (κ2) is 5.81. The van der Waals surface area contributed by atoms with Crippen LogP contribution in [0.3, 0.4) is 0 Å². The SMILES string of the molecule is C=C(C)[C@@H]1COC([C@H](C)[C@@H](C)C2=N[C@H](C(=C)C)CO2)=N1. The monoisotopic (exact) mass is 276 g/mol. The van der Waals surface area contributed by atoms with Crippen molar-refractivity contribution in [2.45, 2.75) is 39.8 Å². The summed E-state index contributed by atoms with van der Waals surface area (Å²) in [5.74, 6) is 1.88. The van der Waals surface area contributed by atoms with Crippen molar-refractivity contribution in [1.29, 1.82) is 0 Å². The maximum atomic E-state index is 5.70. The number of ether oxygens (including phenoxy) is 2. The van der Waals surface area contributed by atoms with Gasteiger partial charge in [0.05, 0.1) is 0 Å². The molecule has 0 aromatic heterocycles. The summed E-state index contributed by atoms with van der Waals surface area (Å²) in [5.41, 5.74) is 2.08. The van der Waals surface area contributed by atoms with Crippen LogP contribution in [0.2, 0.25) is 0 Å². The minimum Gasteiger partial charge on any atom is -0.478 e. The summed E-state index contributed by atoms with van der Waals surface area (Å²) in [5, 5.41) is 0. The molecule has 0 amide bonds. The van der Waals surface area contributed by atoms with Crippen LogP contribution >= 0.6 is 0 Å². The molecule has 2 aliphatic heterocycles. The molecule has 0 fully saturated rings. The molecule has 0 bridgehead atoms. The fraction of sp³-hybridized carbons (Fsp3) is 0.625. The molecular weight excluding hydrogens is 252 g/mol. The number of aliphatic imine (C=N–C) groups is 2. The van der Waals surface area contributed by atoms with Gasteiger partial charge in [0.15, 0.2) is 11.8 Å². The van der Waals surface area contributed by atoms with Gasteiger partial charge in [0.25, 0.3) is 0 Å². The van der Waals surface area contributed by atoms with E-state index >= 15 is 0 Å². The van der Waals surface area contributed by atoms with Crippen molar-refractivity contribution < 1.29 is 9.47 Å². The molecule has 0 spiro atoms. The summed E-state index contributed by atoms with van der Waals surface area (Å²) in [6, 6.07) is 0.184. The van der Waals surface area contributed by atoms with E-state index in [1.807, 2.05) is 13.8 Å². The zero-order valence-electron chi connectivity index (χ0n) is 12.8. The summed E-state index contributed by atoms with van der Waals surface area (Å²) in [7, 11) is 0. The first-order valence-electron chi connectivity index (χ1n) is 7.12. The molecule has 2 rings (SSSR count). The summed E-state index contributed by atoms with van der Waals surface area (Å²) in [6.07, 6.45) is 0. The topological polar surface area (TPSA) is 43.2 Å². The molecule has 4 heteroatoms. The molecule has 0 N–H and O–H groups in total. The normalized spacial score (nSPS) is 28.0. The molecule has 4 nitrogen and oxygen atoms in total. The first-order valence-corrected chi connectivity index (χ1v) is 7.12. The van der Waals surface area contributed by atoms with Crippen LogP contribution in [0.4, 0.5) is 0 Å². The quantitative estimate of drug-likeness (QED) is 0.724. The molecule has 2 heterocycles. The van der Waals surface area contributed by atoms with Crippen molar-refractivity contribution >= 4 is 11.8 Å². The second-order valence-corrected chi connectivity index (χ2v) is 5.86. The number of hydrogen-bond acceptors (Lipinski definition) is 4. The first kappa shape index (κ1) is 14.8. The average molecular weight is 276 g/mol. The summed E-state index contributed by atoms with van der Waals surface area (Å²) in [4.78, 5) is 9.20. The molecule has 0 aromatic rings. The van der Waals surface area contributed by atoms with Crippen LogP contribution < -0.4 is 0 Å². The predicted molar refractivity (Wildman–Crippen MR) is 82.3 cm³/mol. The standard InChI is InChI=1S/C16H24N2O2/c1-9(2)13-7-19-15(17-13)11(5)12(6)16-18-14(8-20-16)10(3)4/h11-14H,1,3,7-8H2,2,4-6H3/t11-,12-,13+,14+/m1/s1. The van der Waals surface area contributed by atoms with Gasteiger partial charge in [0.1, 0.15) is 25.3 Å². The molecule has 0 aromatic carbocycles. The van der Waals surface area contributed by atoms with E-state index < -0.39 is 0 Å². The lowest BCUT2D eigenvalue weighted by Crippen LogP contribution is -2.26. The van der Waals surface area contributed by atoms with E-state index in [2.05, 4.69) is 37.0 Å². The Morgan fingerprint density at radius 2 is 1.30 bits per heavy atom. The molecule has 20 heavy (non-hydrogen) atoms. The van der Waals surface area contributed by atoms with Crippen LogP contribution in [-0.2, 0) is 9.47 Å². The van der Waals surface area contributed by atoms with Gasteiger partial charge < -0.3 is 9.47 Å². The molecular formula is C16H24N2O2. The summed E-state index contributed by atoms with van der Waals surface area (Å²) >= 11 is 0. The van der Waals surface area contributed by atoms with Gasteiger partial charge in [-0.15, -0.1) is 0 Å². The molecule has 110 valence electrons. The van der Waals surface area contributed by atoms with Crippen LogP contribution in [0.1, 0.15) is 27.7 Å². The third kappa shape index (κ3) is 2.94. The third-order valence-electron chi connectivity index (χ3n) is 4.01. The number of hydrogen-bond donors (Lipinski definition) is 0. The van der Waals surface area contributed by atoms with Crippen molar-refractivity contribution in [2.75, 3.05) is 13.2 Å². The average Bonchev–Trinajstić information content (AvgIpc) is 3.05. The molecule has 0 aliphatic carbocycles. The number of nitrogens with zero attached hydrogens (tertiary/aromatic N) is 2. The fourth-order valence-corrected chi connectivity index (χ4v) is 2.22. The smallest absolute Gasteiger partial charge is 0.187 e. The van der Waals surface area contributed by atoms with Gasteiger partial charge in [-0.3, -0.25) is 0 Å². The van der Waals surface area contributed by atoms with E-state index in [1.54, 1.807) is 0 Å². The van der Waals surface area contributed by atoms with Gasteiger partial charge in [-0.25, -0.2) is 9.98 Å². The van der Waals surface area contributed by atoms with Crippen LogP contribution in [0, 0.1) is 11.8 Å². The molecule has 0 saturated carbocycles. The lowest BCUT2D eigenvalue weighted by Gasteiger charge is -2.18. The summed E-state index contributed by atoms with van der Waals surface area (Å²) < 4.78 is 11.4. The van der Waals surface area contributed by atoms with Crippen molar-refractivity contribution in [3.05, 3.63) is 24.3 Å². The maximum Gasteiger partial charge on any atom is 0.187 e. The lowest BCUT2D eigenvalue weighted by atomic mass is 9.95. The van der Waals surface area contributed by atoms with E-state index in [0.717, 1.165) is 22.9 Å². The van der Waals surface area contributed by atoms with E-state index in [4.69, 9.17) is 9.47 Å². The zero-order valence-corrected chi connectivity index (χ0v) is 12.8. The van der Waals surface area contributed by atoms with Crippen molar-refractivity contribution in [3.8, 4) is 0 Å². The van der Waals surface area contributed by atoms with E-state index in [0.29, 0.717) is 13.2 Å². The Labute approximate surface area is 121 Å². The lowest BCUT2D eigenvalue weighted by molar-refractivity contribution is 0.280. The van der Waals surface area contributed by atoms with Gasteiger partial charge in [-0.1, -0.05) is 38.2 Å². The van der Waals surface area contributed by atoms with Crippen LogP contribution in [-0.4, -0.2) is 37.1 Å². The molecule has 4 atom stereocenters. The molecule has 0 unspecified atom stereocenters. The highest BCUT2D eigenvalue weighted by atomic mass is 16.5. The number of rotatable bonds is 5. The van der Waals surface area contributed by atoms with Crippen LogP contribution in [0.15, 0.2) is 34.3 Å². The van der Waals surface area contributed by atoms with Crippen LogP contribution in [0.5, 0.6) is 0 Å². The Hall–Kier alpha value is -1.58. The Balaban J connectivity index is 2.05. The van der Waals surface area contributed by atoms with Gasteiger partial charge >= 0.3 is 0 Å². The van der Waals surface area contributed by atoms with Gasteiger partial charge in [-0.05, 0) is 13.8 Å². The Bertz CT molecular complexity index is 435. The fourth-order valence-electron chi connectivity index (χ4n) is 2.22. The van der Waals surface area contributed by atoms with Crippen LogP contribution in [0.25, 0.3) is 0 Å². The summed E-state index contributed by atoms with van der Waals surface area (Å²) in [6.45, 7) is 17.2. The minimum atomic E-state index is 0.0919. The minimum absolute atomic E-state index is 0.0919. The highest BCUT2D eigenvalue weighted by molar-refractivity contribution is 5.89. The van der Waals surface area contributed by atoms with Crippen molar-refractivity contribution in [3.63, 3.8) is 0 Å². The maximum absolute atomic E-state index is 5.70. The van der Waals surface area contributed by atoms with Gasteiger partial charge in [0, 0.05) is 11.8 Å². The highest BCUT2D eigenvalue weighted by Crippen LogP contribution is 2.25. The van der Waals surface area contributed by atoms with Crippen molar-refractivity contribution in [2.24, 2.45) is 21.8 Å². The second-order valence-electron chi connectivity index (χ2n) is 5.86. The zero-order chi connectivity index (χ0) is 14.9. The third-order valence-corrected chi connectivity index (χ3v) is 4.01. The van der Waals surface area contributed by atoms with Gasteiger partial charge in [0.2, 0.25) is 0 Å². The van der Waals surface area contributed by atoms with E-state index in [-0.39, 0.29) is 23.9 Å². The molecule has 2 aliphatic rings. The Morgan fingerprint density at radius 3 is 1.55 bits per heavy atom. The van der Waals surface area contributed by atoms with E-state index in [1.165, 1.54) is 0 Å². The largest absolute Gasteiger partial charge is 0.478 e. The Kier molecular flexibility index (Phi) is 4.31. The van der Waals surface area contributed by atoms with E-state index in [9.17, 15) is 0 Å². The van der Waals surface area contributed by atoms with Crippen molar-refractivity contribution in [1.82, 2.24) is 0 Å². The Morgan fingerprint density at radius 1 is 0.950 bits per heavy atom. The molecule has 0 saturated heterocycles. The predicted octanol–water partition coefficient (Wildman–Crippen LogP) is 3.01.